The second-order valence-electron chi connectivity index (χ2n) is 10.5. The fourth-order valence-corrected chi connectivity index (χ4v) is 4.63. The van der Waals surface area contributed by atoms with Gasteiger partial charge in [-0.05, 0) is 45.0 Å². The first-order valence-electron chi connectivity index (χ1n) is 11.8. The minimum Gasteiger partial charge on any atom is -0.444 e. The predicted molar refractivity (Wildman–Crippen MR) is 126 cm³/mol. The van der Waals surface area contributed by atoms with Crippen molar-refractivity contribution in [3.63, 3.8) is 0 Å². The van der Waals surface area contributed by atoms with Crippen LogP contribution in [0.3, 0.4) is 0 Å². The second kappa shape index (κ2) is 9.66. The largest absolute Gasteiger partial charge is 0.444 e. The van der Waals surface area contributed by atoms with E-state index >= 15 is 0 Å². The summed E-state index contributed by atoms with van der Waals surface area (Å²) < 4.78 is 84.3. The number of pyridine rings is 1. The summed E-state index contributed by atoms with van der Waals surface area (Å²) in [6.45, 7) is 7.58. The van der Waals surface area contributed by atoms with Gasteiger partial charge in [0, 0.05) is 49.9 Å². The topological polar surface area (TPSA) is 74.8 Å². The number of likely N-dealkylation sites (tertiary alicyclic amines) is 1. The lowest BCUT2D eigenvalue weighted by Crippen LogP contribution is -2.37. The highest BCUT2D eigenvalue weighted by molar-refractivity contribution is 6.04. The van der Waals surface area contributed by atoms with Gasteiger partial charge in [0.25, 0.3) is 5.91 Å². The molecule has 2 atom stereocenters. The van der Waals surface area contributed by atoms with E-state index in [1.165, 1.54) is 18.5 Å². The summed E-state index contributed by atoms with van der Waals surface area (Å²) in [5, 5.41) is 2.12. The van der Waals surface area contributed by atoms with Crippen molar-refractivity contribution in [2.75, 3.05) is 36.4 Å². The third kappa shape index (κ3) is 6.30. The van der Waals surface area contributed by atoms with Crippen LogP contribution in [0.25, 0.3) is 0 Å². The molecular weight excluding hydrogens is 518 g/mol. The molecule has 2 amide bonds. The fourth-order valence-electron chi connectivity index (χ4n) is 4.63. The summed E-state index contributed by atoms with van der Waals surface area (Å²) in [4.78, 5) is 32.8. The monoisotopic (exact) mass is 544 g/mol. The number of alkyl halides is 6. The van der Waals surface area contributed by atoms with Crippen molar-refractivity contribution in [1.82, 2.24) is 9.88 Å². The Morgan fingerprint density at radius 1 is 0.868 bits per heavy atom. The summed E-state index contributed by atoms with van der Waals surface area (Å²) in [6, 6.07) is 2.37. The highest BCUT2D eigenvalue weighted by atomic mass is 19.4. The molecule has 2 aromatic rings. The third-order valence-corrected chi connectivity index (χ3v) is 6.33. The molecule has 38 heavy (non-hydrogen) atoms. The molecule has 2 fully saturated rings. The van der Waals surface area contributed by atoms with Crippen molar-refractivity contribution in [3.8, 4) is 0 Å². The highest BCUT2D eigenvalue weighted by Crippen LogP contribution is 2.38. The SMILES string of the molecule is CC(C)(C)OC(=O)N1C[C@@H]2CN(c3cncc(C(=O)Nc4cc(C(F)(F)F)cc(C(F)(F)F)c4)c3)C[C@@H]2C1. The Morgan fingerprint density at radius 3 is 1.92 bits per heavy atom. The number of ether oxygens (including phenoxy) is 1. The van der Waals surface area contributed by atoms with E-state index < -0.39 is 40.7 Å². The molecule has 2 saturated heterocycles. The van der Waals surface area contributed by atoms with Crippen molar-refractivity contribution >= 4 is 23.4 Å². The molecule has 2 aliphatic heterocycles. The molecule has 7 nitrogen and oxygen atoms in total. The first-order valence-corrected chi connectivity index (χ1v) is 11.8. The van der Waals surface area contributed by atoms with Gasteiger partial charge in [-0.15, -0.1) is 0 Å². The standard InChI is InChI=1S/C25H26F6N4O3/c1-23(2,3)38-22(37)35-12-15-10-34(11-16(15)13-35)20-4-14(8-32-9-20)21(36)33-19-6-17(24(26,27)28)5-18(7-19)25(29,30)31/h4-9,15-16H,10-13H2,1-3H3,(H,33,36)/t15-,16+. The zero-order valence-electron chi connectivity index (χ0n) is 20.8. The number of anilines is 2. The summed E-state index contributed by atoms with van der Waals surface area (Å²) in [7, 11) is 0. The number of nitrogens with one attached hydrogen (secondary N) is 1. The number of benzene rings is 1. The van der Waals surface area contributed by atoms with E-state index in [1.54, 1.807) is 25.7 Å². The van der Waals surface area contributed by atoms with Crippen molar-refractivity contribution < 1.29 is 40.7 Å². The molecule has 2 aliphatic rings. The Hall–Kier alpha value is -3.51. The van der Waals surface area contributed by atoms with Crippen molar-refractivity contribution in [3.05, 3.63) is 53.3 Å². The molecule has 3 heterocycles. The lowest BCUT2D eigenvalue weighted by atomic mass is 10.0. The van der Waals surface area contributed by atoms with E-state index in [0.717, 1.165) is 0 Å². The molecule has 0 radical (unpaired) electrons. The molecule has 0 aliphatic carbocycles. The maximum Gasteiger partial charge on any atom is 0.416 e. The quantitative estimate of drug-likeness (QED) is 0.504. The molecule has 0 bridgehead atoms. The van der Waals surface area contributed by atoms with Gasteiger partial charge >= 0.3 is 18.4 Å². The Balaban J connectivity index is 1.45. The molecule has 0 spiro atoms. The van der Waals surface area contributed by atoms with Crippen molar-refractivity contribution in [1.29, 1.82) is 0 Å². The number of rotatable bonds is 3. The van der Waals surface area contributed by atoms with E-state index in [4.69, 9.17) is 4.74 Å². The molecular formula is C25H26F6N4O3. The number of amides is 2. The van der Waals surface area contributed by atoms with Crippen LogP contribution in [0.4, 0.5) is 42.5 Å². The molecule has 1 aromatic heterocycles. The van der Waals surface area contributed by atoms with Gasteiger partial charge in [0.1, 0.15) is 5.60 Å². The van der Waals surface area contributed by atoms with Gasteiger partial charge < -0.3 is 19.9 Å². The van der Waals surface area contributed by atoms with E-state index in [-0.39, 0.29) is 29.6 Å². The maximum atomic E-state index is 13.1. The lowest BCUT2D eigenvalue weighted by molar-refractivity contribution is -0.143. The smallest absolute Gasteiger partial charge is 0.416 e. The predicted octanol–water partition coefficient (Wildman–Crippen LogP) is 5.67. The molecule has 4 rings (SSSR count). The van der Waals surface area contributed by atoms with Crippen LogP contribution in [0.5, 0.6) is 0 Å². The van der Waals surface area contributed by atoms with Crippen LogP contribution in [-0.4, -0.2) is 53.7 Å². The normalized spacial score (nSPS) is 19.9. The van der Waals surface area contributed by atoms with Gasteiger partial charge in [-0.25, -0.2) is 4.79 Å². The Labute approximate surface area is 214 Å². The van der Waals surface area contributed by atoms with Crippen LogP contribution in [0, 0.1) is 11.8 Å². The fraction of sp³-hybridized carbons (Fsp3) is 0.480. The van der Waals surface area contributed by atoms with Gasteiger partial charge in [-0.2, -0.15) is 26.3 Å². The van der Waals surface area contributed by atoms with E-state index in [9.17, 15) is 35.9 Å². The second-order valence-corrected chi connectivity index (χ2v) is 10.5. The van der Waals surface area contributed by atoms with Crippen molar-refractivity contribution in [2.24, 2.45) is 11.8 Å². The van der Waals surface area contributed by atoms with Gasteiger partial charge in [0.15, 0.2) is 0 Å². The lowest BCUT2D eigenvalue weighted by Gasteiger charge is -2.26. The van der Waals surface area contributed by atoms with Crippen LogP contribution < -0.4 is 10.2 Å². The average Bonchev–Trinajstić information content (AvgIpc) is 3.36. The number of fused-ring (bicyclic) bond motifs is 1. The molecule has 0 saturated carbocycles. The number of hydrogen-bond donors (Lipinski definition) is 1. The van der Waals surface area contributed by atoms with Gasteiger partial charge in [-0.1, -0.05) is 0 Å². The zero-order valence-corrected chi connectivity index (χ0v) is 20.8. The number of nitrogens with zero attached hydrogens (tertiary/aromatic N) is 3. The van der Waals surface area contributed by atoms with E-state index in [2.05, 4.69) is 10.3 Å². The summed E-state index contributed by atoms with van der Waals surface area (Å²) in [5.41, 5.74) is -3.75. The van der Waals surface area contributed by atoms with Crippen LogP contribution in [0.15, 0.2) is 36.7 Å². The number of halogens is 6. The van der Waals surface area contributed by atoms with Gasteiger partial charge in [0.2, 0.25) is 0 Å². The van der Waals surface area contributed by atoms with Crippen LogP contribution in [0.1, 0.15) is 42.3 Å². The highest BCUT2D eigenvalue weighted by Gasteiger charge is 2.43. The molecule has 1 aromatic carbocycles. The van der Waals surface area contributed by atoms with Gasteiger partial charge in [-0.3, -0.25) is 9.78 Å². The molecule has 1 N–H and O–H groups in total. The summed E-state index contributed by atoms with van der Waals surface area (Å²) in [6.07, 6.45) is -7.74. The zero-order chi connectivity index (χ0) is 28.0. The molecule has 206 valence electrons. The van der Waals surface area contributed by atoms with Gasteiger partial charge in [0.05, 0.1) is 28.6 Å². The number of carbonyl (C=O) groups excluding carboxylic acids is 2. The number of aromatic nitrogens is 1. The Bertz CT molecular complexity index is 1180. The Morgan fingerprint density at radius 2 is 1.42 bits per heavy atom. The minimum atomic E-state index is -5.03. The van der Waals surface area contributed by atoms with Crippen LogP contribution >= 0.6 is 0 Å². The van der Waals surface area contributed by atoms with Crippen LogP contribution in [-0.2, 0) is 17.1 Å². The van der Waals surface area contributed by atoms with E-state index in [0.29, 0.717) is 44.0 Å². The maximum absolute atomic E-state index is 13.1. The van der Waals surface area contributed by atoms with E-state index in [1.807, 2.05) is 4.90 Å². The Kier molecular flexibility index (Phi) is 7.00. The molecule has 0 unspecified atom stereocenters. The van der Waals surface area contributed by atoms with Crippen molar-refractivity contribution in [2.45, 2.75) is 38.7 Å². The first-order chi connectivity index (χ1) is 17.5. The number of hydrogen-bond acceptors (Lipinski definition) is 5. The first kappa shape index (κ1) is 27.5. The molecule has 13 heteroatoms. The number of carbonyl (C=O) groups is 2. The summed E-state index contributed by atoms with van der Waals surface area (Å²) in [5.74, 6) is -0.556. The minimum absolute atomic E-state index is 0.00792. The summed E-state index contributed by atoms with van der Waals surface area (Å²) >= 11 is 0. The average molecular weight is 544 g/mol. The van der Waals surface area contributed by atoms with Crippen LogP contribution in [0.2, 0.25) is 0 Å². The third-order valence-electron chi connectivity index (χ3n) is 6.33.